The van der Waals surface area contributed by atoms with Crippen molar-refractivity contribution in [2.75, 3.05) is 6.54 Å². The molecule has 3 rings (SSSR count). The monoisotopic (exact) mass is 322 g/mol. The number of benzene rings is 2. The zero-order valence-corrected chi connectivity index (χ0v) is 14.1. The fourth-order valence-electron chi connectivity index (χ4n) is 3.26. The van der Waals surface area contributed by atoms with E-state index in [0.29, 0.717) is 17.7 Å². The molecule has 3 nitrogen and oxygen atoms in total. The minimum Gasteiger partial charge on any atom is -0.274 e. The molecule has 24 heavy (non-hydrogen) atoms. The summed E-state index contributed by atoms with van der Waals surface area (Å²) in [5.41, 5.74) is 3.78. The minimum absolute atomic E-state index is 0. The van der Waals surface area contributed by atoms with Crippen LogP contribution in [0.1, 0.15) is 59.0 Å². The van der Waals surface area contributed by atoms with Gasteiger partial charge in [-0.15, -0.1) is 0 Å². The van der Waals surface area contributed by atoms with Gasteiger partial charge >= 0.3 is 1.43 Å². The van der Waals surface area contributed by atoms with Gasteiger partial charge in [-0.2, -0.15) is 0 Å². The van der Waals surface area contributed by atoms with Gasteiger partial charge in [0.1, 0.15) is 0 Å². The maximum absolute atomic E-state index is 12.2. The smallest absolute Gasteiger partial charge is 0.274 e. The third-order valence-corrected chi connectivity index (χ3v) is 4.56. The van der Waals surface area contributed by atoms with Crippen molar-refractivity contribution in [2.24, 2.45) is 0 Å². The van der Waals surface area contributed by atoms with E-state index in [1.807, 2.05) is 0 Å². The van der Waals surface area contributed by atoms with E-state index in [1.54, 1.807) is 24.3 Å². The lowest BCUT2D eigenvalue weighted by Crippen LogP contribution is -2.30. The molecule has 2 aromatic rings. The molecule has 0 radical (unpaired) electrons. The predicted molar refractivity (Wildman–Crippen MR) is 96.3 cm³/mol. The van der Waals surface area contributed by atoms with E-state index in [0.717, 1.165) is 32.1 Å². The first-order valence-corrected chi connectivity index (χ1v) is 8.67. The lowest BCUT2D eigenvalue weighted by atomic mass is 10.0. The van der Waals surface area contributed by atoms with E-state index in [4.69, 9.17) is 0 Å². The average Bonchev–Trinajstić information content (AvgIpc) is 2.83. The van der Waals surface area contributed by atoms with Crippen LogP contribution in [0.3, 0.4) is 0 Å². The average molecular weight is 322 g/mol. The maximum Gasteiger partial charge on any atom is 1.00 e. The Morgan fingerprint density at radius 1 is 0.833 bits per heavy atom. The van der Waals surface area contributed by atoms with Crippen molar-refractivity contribution in [3.8, 4) is 0 Å². The Kier molecular flexibility index (Phi) is 5.09. The first-order chi connectivity index (χ1) is 11.7. The first-order valence-electron chi connectivity index (χ1n) is 8.67. The molecule has 0 saturated carbocycles. The van der Waals surface area contributed by atoms with Crippen molar-refractivity contribution in [1.29, 1.82) is 0 Å². The van der Waals surface area contributed by atoms with E-state index in [9.17, 15) is 9.59 Å². The number of amides is 2. The molecule has 0 aliphatic carbocycles. The topological polar surface area (TPSA) is 37.4 Å². The van der Waals surface area contributed by atoms with Gasteiger partial charge in [-0.25, -0.2) is 0 Å². The predicted octanol–water partition coefficient (Wildman–Crippen LogP) is 4.51. The lowest BCUT2D eigenvalue weighted by molar-refractivity contribution is 0.0651. The number of hydrogen-bond donors (Lipinski definition) is 0. The Balaban J connectivity index is 0.00000225. The molecule has 1 aliphatic rings. The van der Waals surface area contributed by atoms with Crippen LogP contribution < -0.4 is 0 Å². The second-order valence-corrected chi connectivity index (χ2v) is 6.46. The molecule has 1 aliphatic heterocycles. The maximum atomic E-state index is 12.2. The number of carbonyl (C=O) groups excluding carboxylic acids is 2. The van der Waals surface area contributed by atoms with Gasteiger partial charge in [-0.1, -0.05) is 54.8 Å². The van der Waals surface area contributed by atoms with Gasteiger partial charge in [0.2, 0.25) is 0 Å². The number of carbonyl (C=O) groups is 2. The number of imide groups is 1. The molecule has 2 aromatic carbocycles. The molecular weight excluding hydrogens is 298 g/mol. The van der Waals surface area contributed by atoms with E-state index in [-0.39, 0.29) is 13.2 Å². The Morgan fingerprint density at radius 3 is 2.17 bits per heavy atom. The van der Waals surface area contributed by atoms with Crippen LogP contribution in [0.5, 0.6) is 0 Å². The Bertz CT molecular complexity index is 722. The molecule has 0 aromatic heterocycles. The van der Waals surface area contributed by atoms with Crippen LogP contribution in [0.2, 0.25) is 0 Å². The van der Waals surface area contributed by atoms with Crippen LogP contribution in [-0.4, -0.2) is 23.3 Å². The number of aryl methyl sites for hydroxylation is 2. The van der Waals surface area contributed by atoms with E-state index >= 15 is 0 Å². The second-order valence-electron chi connectivity index (χ2n) is 6.46. The molecule has 0 saturated heterocycles. The highest BCUT2D eigenvalue weighted by molar-refractivity contribution is 6.21. The zero-order chi connectivity index (χ0) is 16.9. The van der Waals surface area contributed by atoms with Crippen LogP contribution >= 0.6 is 0 Å². The van der Waals surface area contributed by atoms with Gasteiger partial charge in [-0.3, -0.25) is 14.5 Å². The molecule has 0 fully saturated rings. The Hall–Kier alpha value is -2.42. The molecular formula is C21H24NO2+. The minimum atomic E-state index is -0.143. The van der Waals surface area contributed by atoms with Crippen molar-refractivity contribution in [2.45, 2.75) is 39.0 Å². The van der Waals surface area contributed by atoms with Crippen LogP contribution in [-0.2, 0) is 6.42 Å². The van der Waals surface area contributed by atoms with E-state index in [1.165, 1.54) is 16.0 Å². The normalized spacial score (nSPS) is 13.5. The summed E-state index contributed by atoms with van der Waals surface area (Å²) >= 11 is 0. The molecule has 0 N–H and O–H groups in total. The highest BCUT2D eigenvalue weighted by atomic mass is 16.2. The van der Waals surface area contributed by atoms with Crippen LogP contribution in [0.4, 0.5) is 0 Å². The van der Waals surface area contributed by atoms with E-state index < -0.39 is 0 Å². The molecule has 124 valence electrons. The third-order valence-electron chi connectivity index (χ3n) is 4.56. The van der Waals surface area contributed by atoms with Crippen LogP contribution in [0.15, 0.2) is 48.5 Å². The second kappa shape index (κ2) is 7.43. The van der Waals surface area contributed by atoms with Crippen molar-refractivity contribution >= 4 is 11.8 Å². The summed E-state index contributed by atoms with van der Waals surface area (Å²) in [4.78, 5) is 25.9. The lowest BCUT2D eigenvalue weighted by Gasteiger charge is -2.13. The van der Waals surface area contributed by atoms with Gasteiger partial charge in [0, 0.05) is 6.54 Å². The molecule has 0 bridgehead atoms. The molecule has 0 spiro atoms. The number of nitrogens with zero attached hydrogens (tertiary/aromatic N) is 1. The number of unbranched alkanes of at least 4 members (excludes halogenated alkanes) is 3. The van der Waals surface area contributed by atoms with Crippen molar-refractivity contribution < 1.29 is 11.0 Å². The summed E-state index contributed by atoms with van der Waals surface area (Å²) < 4.78 is 0. The van der Waals surface area contributed by atoms with Crippen molar-refractivity contribution in [3.63, 3.8) is 0 Å². The Labute approximate surface area is 144 Å². The van der Waals surface area contributed by atoms with Crippen LogP contribution in [0.25, 0.3) is 0 Å². The zero-order valence-electron chi connectivity index (χ0n) is 15.1. The summed E-state index contributed by atoms with van der Waals surface area (Å²) in [6, 6.07) is 15.7. The molecule has 0 unspecified atom stereocenters. The van der Waals surface area contributed by atoms with Gasteiger partial charge in [0.15, 0.2) is 0 Å². The van der Waals surface area contributed by atoms with Gasteiger partial charge in [0.25, 0.3) is 11.8 Å². The molecule has 0 atom stereocenters. The van der Waals surface area contributed by atoms with Gasteiger partial charge in [-0.05, 0) is 43.9 Å². The summed E-state index contributed by atoms with van der Waals surface area (Å²) in [6.07, 6.45) is 5.27. The molecule has 3 heteroatoms. The fourth-order valence-corrected chi connectivity index (χ4v) is 3.26. The standard InChI is InChI=1S/C21H23NO2/c1-16-9-8-11-17(15-16)10-4-2-3-7-14-22-20(23)18-12-5-6-13-19(18)21(22)24/h5-6,8-9,11-13,15H,2-4,7,10,14H2,1H3/p+1. The summed E-state index contributed by atoms with van der Waals surface area (Å²) in [7, 11) is 0. The SMILES string of the molecule is Cc1cccc(CCCCCCN2C(=O)c3ccccc3C2=O)c1.[H+]. The van der Waals surface area contributed by atoms with Gasteiger partial charge in [0.05, 0.1) is 11.1 Å². The first kappa shape index (κ1) is 16.4. The Morgan fingerprint density at radius 2 is 1.50 bits per heavy atom. The third kappa shape index (κ3) is 3.56. The summed E-state index contributed by atoms with van der Waals surface area (Å²) in [6.45, 7) is 2.64. The largest absolute Gasteiger partial charge is 1.00 e. The fraction of sp³-hybridized carbons (Fsp3) is 0.333. The molecule has 1 heterocycles. The highest BCUT2D eigenvalue weighted by Crippen LogP contribution is 2.22. The summed E-state index contributed by atoms with van der Waals surface area (Å²) in [5.74, 6) is -0.286. The number of fused-ring (bicyclic) bond motifs is 1. The molecule has 2 amide bonds. The van der Waals surface area contributed by atoms with Crippen molar-refractivity contribution in [3.05, 3.63) is 70.8 Å². The number of rotatable bonds is 7. The van der Waals surface area contributed by atoms with Gasteiger partial charge < -0.3 is 0 Å². The van der Waals surface area contributed by atoms with Crippen LogP contribution in [0, 0.1) is 6.92 Å². The summed E-state index contributed by atoms with van der Waals surface area (Å²) in [5, 5.41) is 0. The van der Waals surface area contributed by atoms with Crippen molar-refractivity contribution in [1.82, 2.24) is 4.90 Å². The quantitative estimate of drug-likeness (QED) is 0.556. The highest BCUT2D eigenvalue weighted by Gasteiger charge is 2.34. The van der Waals surface area contributed by atoms with E-state index in [2.05, 4.69) is 31.2 Å². The number of hydrogen-bond acceptors (Lipinski definition) is 2.